The van der Waals surface area contributed by atoms with Gasteiger partial charge in [0.15, 0.2) is 0 Å². The fourth-order valence-corrected chi connectivity index (χ4v) is 1.65. The Morgan fingerprint density at radius 1 is 1.25 bits per heavy atom. The Hall–Kier alpha value is -1.06. The third-order valence-corrected chi connectivity index (χ3v) is 2.54. The Morgan fingerprint density at radius 3 is 2.31 bits per heavy atom. The van der Waals surface area contributed by atoms with Crippen LogP contribution in [-0.2, 0) is 9.59 Å². The molecule has 0 aromatic carbocycles. The van der Waals surface area contributed by atoms with Gasteiger partial charge in [0.1, 0.15) is 6.54 Å². The molecule has 0 aromatic rings. The summed E-state index contributed by atoms with van der Waals surface area (Å²) in [5.41, 5.74) is 0. The number of amides is 1. The highest BCUT2D eigenvalue weighted by Gasteiger charge is 2.21. The van der Waals surface area contributed by atoms with Gasteiger partial charge in [0, 0.05) is 12.5 Å². The Kier molecular flexibility index (Phi) is 7.60. The number of nitrogens with zero attached hydrogens (tertiary/aromatic N) is 1. The maximum Gasteiger partial charge on any atom is 0.323 e. The summed E-state index contributed by atoms with van der Waals surface area (Å²) in [4.78, 5) is 24.0. The van der Waals surface area contributed by atoms with Crippen molar-refractivity contribution in [2.75, 3.05) is 13.1 Å². The van der Waals surface area contributed by atoms with Gasteiger partial charge >= 0.3 is 5.97 Å². The maximum absolute atomic E-state index is 11.9. The minimum Gasteiger partial charge on any atom is -0.480 e. The molecule has 0 aliphatic carbocycles. The number of unbranched alkanes of at least 4 members (excludes halogenated alkanes) is 1. The van der Waals surface area contributed by atoms with E-state index in [1.807, 2.05) is 13.8 Å². The Balaban J connectivity index is 4.29. The molecule has 1 N–H and O–H groups in total. The molecule has 4 heteroatoms. The molecule has 0 saturated carbocycles. The first-order valence-corrected chi connectivity index (χ1v) is 6.03. The zero-order valence-electron chi connectivity index (χ0n) is 10.5. The molecule has 94 valence electrons. The number of carbonyl (C=O) groups excluding carboxylic acids is 1. The first-order valence-electron chi connectivity index (χ1n) is 6.03. The van der Waals surface area contributed by atoms with E-state index in [0.717, 1.165) is 25.7 Å². The molecule has 0 radical (unpaired) electrons. The van der Waals surface area contributed by atoms with Crippen LogP contribution in [0.15, 0.2) is 0 Å². The summed E-state index contributed by atoms with van der Waals surface area (Å²) < 4.78 is 0. The first kappa shape index (κ1) is 14.9. The summed E-state index contributed by atoms with van der Waals surface area (Å²) in [6.07, 6.45) is 3.71. The Bertz CT molecular complexity index is 228. The lowest BCUT2D eigenvalue weighted by Crippen LogP contribution is -2.39. The number of carboxylic acids is 1. The SMILES string of the molecule is CCCCC(C)C(=O)N(CCC)CC(=O)O. The molecular formula is C12H23NO3. The highest BCUT2D eigenvalue weighted by Crippen LogP contribution is 2.11. The average Bonchev–Trinajstić information content (AvgIpc) is 2.23. The van der Waals surface area contributed by atoms with Gasteiger partial charge in [-0.2, -0.15) is 0 Å². The van der Waals surface area contributed by atoms with Crippen molar-refractivity contribution in [2.45, 2.75) is 46.5 Å². The van der Waals surface area contributed by atoms with E-state index in [1.54, 1.807) is 0 Å². The monoisotopic (exact) mass is 229 g/mol. The van der Waals surface area contributed by atoms with E-state index >= 15 is 0 Å². The third kappa shape index (κ3) is 5.73. The van der Waals surface area contributed by atoms with Crippen molar-refractivity contribution in [3.8, 4) is 0 Å². The lowest BCUT2D eigenvalue weighted by Gasteiger charge is -2.23. The lowest BCUT2D eigenvalue weighted by atomic mass is 10.0. The second-order valence-corrected chi connectivity index (χ2v) is 4.20. The molecule has 4 nitrogen and oxygen atoms in total. The zero-order chi connectivity index (χ0) is 12.6. The van der Waals surface area contributed by atoms with Crippen LogP contribution in [0.1, 0.15) is 46.5 Å². The molecule has 1 atom stereocenters. The fraction of sp³-hybridized carbons (Fsp3) is 0.833. The van der Waals surface area contributed by atoms with Crippen molar-refractivity contribution in [3.05, 3.63) is 0 Å². The largest absolute Gasteiger partial charge is 0.480 e. The van der Waals surface area contributed by atoms with E-state index in [2.05, 4.69) is 6.92 Å². The van der Waals surface area contributed by atoms with E-state index in [1.165, 1.54) is 4.90 Å². The van der Waals surface area contributed by atoms with Crippen molar-refractivity contribution in [1.82, 2.24) is 4.90 Å². The lowest BCUT2D eigenvalue weighted by molar-refractivity contribution is -0.146. The van der Waals surface area contributed by atoms with Crippen molar-refractivity contribution >= 4 is 11.9 Å². The normalized spacial score (nSPS) is 12.2. The average molecular weight is 229 g/mol. The molecule has 0 aliphatic heterocycles. The van der Waals surface area contributed by atoms with Crippen LogP contribution in [0.3, 0.4) is 0 Å². The fourth-order valence-electron chi connectivity index (χ4n) is 1.65. The van der Waals surface area contributed by atoms with E-state index in [-0.39, 0.29) is 18.4 Å². The van der Waals surface area contributed by atoms with E-state index in [9.17, 15) is 9.59 Å². The van der Waals surface area contributed by atoms with Crippen LogP contribution in [0.5, 0.6) is 0 Å². The highest BCUT2D eigenvalue weighted by atomic mass is 16.4. The van der Waals surface area contributed by atoms with Gasteiger partial charge in [0.2, 0.25) is 5.91 Å². The second kappa shape index (κ2) is 8.13. The van der Waals surface area contributed by atoms with Crippen LogP contribution in [0, 0.1) is 5.92 Å². The molecule has 0 rings (SSSR count). The molecule has 0 bridgehead atoms. The molecule has 1 amide bonds. The molecule has 0 saturated heterocycles. The quantitative estimate of drug-likeness (QED) is 0.693. The molecule has 0 fully saturated rings. The predicted molar refractivity (Wildman–Crippen MR) is 63.2 cm³/mol. The number of carboxylic acid groups (broad SMARTS) is 1. The van der Waals surface area contributed by atoms with Gasteiger partial charge in [-0.25, -0.2) is 0 Å². The van der Waals surface area contributed by atoms with Crippen molar-refractivity contribution in [3.63, 3.8) is 0 Å². The van der Waals surface area contributed by atoms with Gasteiger partial charge in [-0.1, -0.05) is 33.6 Å². The molecule has 1 unspecified atom stereocenters. The molecule has 16 heavy (non-hydrogen) atoms. The zero-order valence-corrected chi connectivity index (χ0v) is 10.5. The number of rotatable bonds is 8. The van der Waals surface area contributed by atoms with Crippen LogP contribution in [0.2, 0.25) is 0 Å². The van der Waals surface area contributed by atoms with Gasteiger partial charge < -0.3 is 10.0 Å². The van der Waals surface area contributed by atoms with Crippen molar-refractivity contribution < 1.29 is 14.7 Å². The standard InChI is InChI=1S/C12H23NO3/c1-4-6-7-10(3)12(16)13(8-5-2)9-11(14)15/h10H,4-9H2,1-3H3,(H,14,15). The summed E-state index contributed by atoms with van der Waals surface area (Å²) in [6.45, 7) is 6.25. The molecule has 0 spiro atoms. The number of hydrogen-bond donors (Lipinski definition) is 1. The summed E-state index contributed by atoms with van der Waals surface area (Å²) in [6, 6.07) is 0. The van der Waals surface area contributed by atoms with E-state index in [0.29, 0.717) is 6.54 Å². The van der Waals surface area contributed by atoms with Gasteiger partial charge in [0.25, 0.3) is 0 Å². The van der Waals surface area contributed by atoms with E-state index < -0.39 is 5.97 Å². The van der Waals surface area contributed by atoms with Crippen LogP contribution < -0.4 is 0 Å². The minimum absolute atomic E-state index is 0.0299. The summed E-state index contributed by atoms with van der Waals surface area (Å²) >= 11 is 0. The number of carbonyl (C=O) groups is 2. The van der Waals surface area contributed by atoms with Gasteiger partial charge in [0.05, 0.1) is 0 Å². The smallest absolute Gasteiger partial charge is 0.323 e. The first-order chi connectivity index (χ1) is 7.52. The van der Waals surface area contributed by atoms with E-state index in [4.69, 9.17) is 5.11 Å². The second-order valence-electron chi connectivity index (χ2n) is 4.20. The molecular weight excluding hydrogens is 206 g/mol. The summed E-state index contributed by atoms with van der Waals surface area (Å²) in [5.74, 6) is -1.03. The topological polar surface area (TPSA) is 57.6 Å². The summed E-state index contributed by atoms with van der Waals surface area (Å²) in [5, 5.41) is 8.72. The summed E-state index contributed by atoms with van der Waals surface area (Å²) in [7, 11) is 0. The van der Waals surface area contributed by atoms with Gasteiger partial charge in [-0.05, 0) is 12.8 Å². The van der Waals surface area contributed by atoms with Crippen LogP contribution in [0.25, 0.3) is 0 Å². The van der Waals surface area contributed by atoms with Crippen molar-refractivity contribution in [1.29, 1.82) is 0 Å². The minimum atomic E-state index is -0.940. The molecule has 0 aliphatic rings. The Morgan fingerprint density at radius 2 is 1.88 bits per heavy atom. The predicted octanol–water partition coefficient (Wildman–Crippen LogP) is 2.14. The molecule has 0 heterocycles. The van der Waals surface area contributed by atoms with Crippen LogP contribution in [0.4, 0.5) is 0 Å². The van der Waals surface area contributed by atoms with Gasteiger partial charge in [-0.3, -0.25) is 9.59 Å². The van der Waals surface area contributed by atoms with Crippen LogP contribution >= 0.6 is 0 Å². The van der Waals surface area contributed by atoms with Crippen molar-refractivity contribution in [2.24, 2.45) is 5.92 Å². The maximum atomic E-state index is 11.9. The Labute approximate surface area is 97.6 Å². The highest BCUT2D eigenvalue weighted by molar-refractivity contribution is 5.82. The van der Waals surface area contributed by atoms with Crippen LogP contribution in [-0.4, -0.2) is 35.0 Å². The third-order valence-electron chi connectivity index (χ3n) is 2.54. The molecule has 0 aromatic heterocycles. The number of hydrogen-bond acceptors (Lipinski definition) is 2. The van der Waals surface area contributed by atoms with Gasteiger partial charge in [-0.15, -0.1) is 0 Å². The number of aliphatic carboxylic acids is 1.